The van der Waals surface area contributed by atoms with Gasteiger partial charge in [-0.15, -0.1) is 0 Å². The van der Waals surface area contributed by atoms with Gasteiger partial charge in [0.1, 0.15) is 0 Å². The quantitative estimate of drug-likeness (QED) is 0.773. The van der Waals surface area contributed by atoms with Gasteiger partial charge in [-0.1, -0.05) is 11.6 Å². The van der Waals surface area contributed by atoms with E-state index in [9.17, 15) is 14.7 Å². The van der Waals surface area contributed by atoms with Crippen molar-refractivity contribution in [3.63, 3.8) is 0 Å². The zero-order valence-electron chi connectivity index (χ0n) is 17.4. The van der Waals surface area contributed by atoms with E-state index >= 15 is 0 Å². The third-order valence-electron chi connectivity index (χ3n) is 6.38. The highest BCUT2D eigenvalue weighted by molar-refractivity contribution is 6.31. The Morgan fingerprint density at radius 2 is 1.77 bits per heavy atom. The summed E-state index contributed by atoms with van der Waals surface area (Å²) in [4.78, 5) is 35.2. The first-order chi connectivity index (χ1) is 14.3. The normalized spacial score (nSPS) is 23.6. The van der Waals surface area contributed by atoms with Crippen LogP contribution in [0.5, 0.6) is 0 Å². The summed E-state index contributed by atoms with van der Waals surface area (Å²) in [7, 11) is 1.83. The number of benzene rings is 1. The van der Waals surface area contributed by atoms with Crippen LogP contribution in [0.3, 0.4) is 0 Å². The Labute approximate surface area is 181 Å². The van der Waals surface area contributed by atoms with Gasteiger partial charge in [0.05, 0.1) is 17.1 Å². The smallest absolute Gasteiger partial charge is 0.289 e. The van der Waals surface area contributed by atoms with Crippen molar-refractivity contribution >= 4 is 34.4 Å². The number of hydrogen-bond donors (Lipinski definition) is 1. The fourth-order valence-electron chi connectivity index (χ4n) is 4.58. The molecule has 0 spiro atoms. The number of likely N-dealkylation sites (tertiary alicyclic amines) is 1. The molecule has 9 heteroatoms. The van der Waals surface area contributed by atoms with Crippen molar-refractivity contribution in [3.8, 4) is 0 Å². The standard InChI is InChI=1S/C21H28ClN5O3/c1-14(28)25-9-11-26(12-10-25)18-5-7-27(8-6-19(18)29)21(30)20-23-16-13-15(22)3-4-17(16)24(20)2/h3-4,13,18-19,29H,5-12H2,1-2H3/t18-,19-/m0/s1. The Hall–Kier alpha value is -2.16. The van der Waals surface area contributed by atoms with Crippen molar-refractivity contribution < 1.29 is 14.7 Å². The highest BCUT2D eigenvalue weighted by Gasteiger charge is 2.34. The maximum Gasteiger partial charge on any atom is 0.289 e. The highest BCUT2D eigenvalue weighted by atomic mass is 35.5. The number of halogens is 1. The van der Waals surface area contributed by atoms with Crippen LogP contribution in [0, 0.1) is 0 Å². The summed E-state index contributed by atoms with van der Waals surface area (Å²) in [5.41, 5.74) is 1.56. The van der Waals surface area contributed by atoms with Crippen LogP contribution in [0.15, 0.2) is 18.2 Å². The number of hydrogen-bond acceptors (Lipinski definition) is 5. The van der Waals surface area contributed by atoms with E-state index in [1.165, 1.54) is 0 Å². The molecule has 30 heavy (non-hydrogen) atoms. The molecule has 2 saturated heterocycles. The van der Waals surface area contributed by atoms with Gasteiger partial charge in [-0.2, -0.15) is 0 Å². The molecule has 3 heterocycles. The minimum Gasteiger partial charge on any atom is -0.391 e. The second-order valence-electron chi connectivity index (χ2n) is 8.17. The summed E-state index contributed by atoms with van der Waals surface area (Å²) >= 11 is 6.06. The predicted octanol–water partition coefficient (Wildman–Crippen LogP) is 1.36. The summed E-state index contributed by atoms with van der Waals surface area (Å²) in [5.74, 6) is 0.353. The number of amides is 2. The molecular formula is C21H28ClN5O3. The van der Waals surface area contributed by atoms with E-state index in [1.54, 1.807) is 28.5 Å². The van der Waals surface area contributed by atoms with Gasteiger partial charge in [0.25, 0.3) is 5.91 Å². The minimum absolute atomic E-state index is 0.00356. The van der Waals surface area contributed by atoms with Crippen molar-refractivity contribution in [2.45, 2.75) is 31.9 Å². The molecule has 2 aromatic rings. The van der Waals surface area contributed by atoms with E-state index in [1.807, 2.05) is 18.0 Å². The molecule has 2 aliphatic heterocycles. The lowest BCUT2D eigenvalue weighted by Gasteiger charge is -2.40. The lowest BCUT2D eigenvalue weighted by Crippen LogP contribution is -2.54. The number of piperazine rings is 1. The van der Waals surface area contributed by atoms with Crippen LogP contribution < -0.4 is 0 Å². The van der Waals surface area contributed by atoms with E-state index in [0.29, 0.717) is 55.4 Å². The molecule has 2 fully saturated rings. The summed E-state index contributed by atoms with van der Waals surface area (Å²) in [6, 6.07) is 5.41. The summed E-state index contributed by atoms with van der Waals surface area (Å²) in [6.45, 7) is 5.52. The maximum absolute atomic E-state index is 13.2. The van der Waals surface area contributed by atoms with Crippen LogP contribution in [0.2, 0.25) is 5.02 Å². The van der Waals surface area contributed by atoms with Crippen molar-refractivity contribution in [3.05, 3.63) is 29.0 Å². The number of aliphatic hydroxyl groups excluding tert-OH is 1. The van der Waals surface area contributed by atoms with Gasteiger partial charge < -0.3 is 19.5 Å². The Bertz CT molecular complexity index is 954. The average Bonchev–Trinajstić information content (AvgIpc) is 2.92. The first-order valence-corrected chi connectivity index (χ1v) is 10.8. The molecule has 4 rings (SSSR count). The lowest BCUT2D eigenvalue weighted by atomic mass is 10.0. The summed E-state index contributed by atoms with van der Waals surface area (Å²) < 4.78 is 1.80. The number of imidazole rings is 1. The summed E-state index contributed by atoms with van der Waals surface area (Å²) in [6.07, 6.45) is 0.730. The van der Waals surface area contributed by atoms with E-state index in [2.05, 4.69) is 9.88 Å². The number of nitrogens with zero attached hydrogens (tertiary/aromatic N) is 5. The number of aromatic nitrogens is 2. The van der Waals surface area contributed by atoms with Crippen LogP contribution in [-0.4, -0.2) is 92.6 Å². The SMILES string of the molecule is CC(=O)N1CCN([C@H]2CCN(C(=O)c3nc4cc(Cl)ccc4n3C)CC[C@@H]2O)CC1. The Kier molecular flexibility index (Phi) is 5.99. The molecular weight excluding hydrogens is 406 g/mol. The van der Waals surface area contributed by atoms with Crippen molar-refractivity contribution in [2.75, 3.05) is 39.3 Å². The lowest BCUT2D eigenvalue weighted by molar-refractivity contribution is -0.131. The van der Waals surface area contributed by atoms with Crippen molar-refractivity contribution in [1.82, 2.24) is 24.3 Å². The molecule has 1 aromatic heterocycles. The molecule has 0 bridgehead atoms. The van der Waals surface area contributed by atoms with Gasteiger partial charge in [-0.3, -0.25) is 14.5 Å². The van der Waals surface area contributed by atoms with E-state index in [0.717, 1.165) is 18.6 Å². The fraction of sp³-hybridized carbons (Fsp3) is 0.571. The molecule has 2 aliphatic rings. The third-order valence-corrected chi connectivity index (χ3v) is 6.62. The van der Waals surface area contributed by atoms with Gasteiger partial charge in [-0.25, -0.2) is 4.98 Å². The monoisotopic (exact) mass is 433 g/mol. The molecule has 0 unspecified atom stereocenters. The highest BCUT2D eigenvalue weighted by Crippen LogP contribution is 2.23. The Morgan fingerprint density at radius 3 is 2.47 bits per heavy atom. The van der Waals surface area contributed by atoms with Crippen LogP contribution >= 0.6 is 11.6 Å². The van der Waals surface area contributed by atoms with Crippen LogP contribution in [0.1, 0.15) is 30.4 Å². The number of rotatable bonds is 2. The van der Waals surface area contributed by atoms with Crippen LogP contribution in [-0.2, 0) is 11.8 Å². The molecule has 0 saturated carbocycles. The summed E-state index contributed by atoms with van der Waals surface area (Å²) in [5, 5.41) is 11.3. The van der Waals surface area contributed by atoms with Gasteiger partial charge in [0, 0.05) is 64.3 Å². The van der Waals surface area contributed by atoms with E-state index in [-0.39, 0.29) is 17.9 Å². The van der Waals surface area contributed by atoms with Crippen LogP contribution in [0.25, 0.3) is 11.0 Å². The largest absolute Gasteiger partial charge is 0.391 e. The molecule has 2 atom stereocenters. The maximum atomic E-state index is 13.2. The van der Waals surface area contributed by atoms with Gasteiger partial charge in [0.15, 0.2) is 5.82 Å². The Balaban J connectivity index is 1.45. The third kappa shape index (κ3) is 4.04. The molecule has 162 valence electrons. The molecule has 0 radical (unpaired) electrons. The molecule has 8 nitrogen and oxygen atoms in total. The molecule has 2 amide bonds. The Morgan fingerprint density at radius 1 is 1.07 bits per heavy atom. The molecule has 0 aliphatic carbocycles. The number of aliphatic hydroxyl groups is 1. The first kappa shape index (κ1) is 21.1. The number of aryl methyl sites for hydroxylation is 1. The van der Waals surface area contributed by atoms with Gasteiger partial charge >= 0.3 is 0 Å². The first-order valence-electron chi connectivity index (χ1n) is 10.4. The second kappa shape index (κ2) is 8.53. The van der Waals surface area contributed by atoms with Crippen molar-refractivity contribution in [1.29, 1.82) is 0 Å². The fourth-order valence-corrected chi connectivity index (χ4v) is 4.74. The topological polar surface area (TPSA) is 81.9 Å². The molecule has 1 N–H and O–H groups in total. The minimum atomic E-state index is -0.495. The van der Waals surface area contributed by atoms with Gasteiger partial charge in [-0.05, 0) is 31.0 Å². The van der Waals surface area contributed by atoms with E-state index < -0.39 is 6.10 Å². The second-order valence-corrected chi connectivity index (χ2v) is 8.61. The number of carbonyl (C=O) groups is 2. The zero-order valence-corrected chi connectivity index (χ0v) is 18.2. The van der Waals surface area contributed by atoms with Crippen LogP contribution in [0.4, 0.5) is 0 Å². The molecule has 1 aromatic carbocycles. The number of carbonyl (C=O) groups excluding carboxylic acids is 2. The van der Waals surface area contributed by atoms with E-state index in [4.69, 9.17) is 11.6 Å². The average molecular weight is 434 g/mol. The zero-order chi connectivity index (χ0) is 21.4. The number of fused-ring (bicyclic) bond motifs is 1. The van der Waals surface area contributed by atoms with Gasteiger partial charge in [0.2, 0.25) is 5.91 Å². The van der Waals surface area contributed by atoms with Crippen molar-refractivity contribution in [2.24, 2.45) is 7.05 Å². The predicted molar refractivity (Wildman–Crippen MR) is 114 cm³/mol.